The number of nitrogens with zero attached hydrogens (tertiary/aromatic N) is 1. The molecule has 0 radical (unpaired) electrons. The van der Waals surface area contributed by atoms with Crippen LogP contribution < -0.4 is 0 Å². The van der Waals surface area contributed by atoms with E-state index in [9.17, 15) is 31.1 Å². The van der Waals surface area contributed by atoms with Crippen molar-refractivity contribution in [2.24, 2.45) is 0 Å². The van der Waals surface area contributed by atoms with Crippen molar-refractivity contribution in [2.75, 3.05) is 6.61 Å². The van der Waals surface area contributed by atoms with Crippen LogP contribution in [0, 0.1) is 0 Å². The largest absolute Gasteiger partial charge is 0.466 e. The van der Waals surface area contributed by atoms with E-state index >= 15 is 0 Å². The second-order valence-electron chi connectivity index (χ2n) is 6.86. The topological polar surface area (TPSA) is 39.2 Å². The summed E-state index contributed by atoms with van der Waals surface area (Å²) in [5.41, 5.74) is -0.438. The Kier molecular flexibility index (Phi) is 7.52. The Morgan fingerprint density at radius 1 is 0.970 bits per heavy atom. The summed E-state index contributed by atoms with van der Waals surface area (Å²) in [6, 6.07) is 8.89. The molecule has 0 N–H and O–H groups in total. The lowest BCUT2D eigenvalue weighted by atomic mass is 10.0. The molecule has 0 fully saturated rings. The molecule has 1 atom stereocenters. The molecule has 3 aromatic rings. The fourth-order valence-corrected chi connectivity index (χ4v) is 4.86. The fraction of sp³-hybridized carbons (Fsp3) is 0.273. The molecule has 0 bridgehead atoms. The lowest BCUT2D eigenvalue weighted by molar-refractivity contribution is -0.142. The average molecular weight is 552 g/mol. The summed E-state index contributed by atoms with van der Waals surface area (Å²) >= 11 is 4.59. The first-order valence-corrected chi connectivity index (χ1v) is 11.3. The molecule has 176 valence electrons. The maximum Gasteiger partial charge on any atom is 0.416 e. The van der Waals surface area contributed by atoms with E-state index in [2.05, 4.69) is 20.9 Å². The molecule has 1 unspecified atom stereocenters. The predicted molar refractivity (Wildman–Crippen MR) is 115 cm³/mol. The highest BCUT2D eigenvalue weighted by Gasteiger charge is 2.32. The monoisotopic (exact) mass is 551 g/mol. The minimum atomic E-state index is -4.50. The number of alkyl halides is 7. The molecule has 3 nitrogen and oxygen atoms in total. The third-order valence-corrected chi connectivity index (χ3v) is 6.95. The third-order valence-electron chi connectivity index (χ3n) is 4.55. The minimum absolute atomic E-state index is 0.140. The minimum Gasteiger partial charge on any atom is -0.466 e. The van der Waals surface area contributed by atoms with Gasteiger partial charge in [0.05, 0.1) is 39.6 Å². The van der Waals surface area contributed by atoms with E-state index in [1.54, 1.807) is 6.92 Å². The number of esters is 1. The van der Waals surface area contributed by atoms with E-state index in [0.717, 1.165) is 35.6 Å². The maximum absolute atomic E-state index is 12.9. The molecule has 0 aliphatic rings. The van der Waals surface area contributed by atoms with Gasteiger partial charge in [-0.25, -0.2) is 4.98 Å². The van der Waals surface area contributed by atoms with E-state index < -0.39 is 34.3 Å². The van der Waals surface area contributed by atoms with Gasteiger partial charge in [-0.15, -0.1) is 11.3 Å². The predicted octanol–water partition coefficient (Wildman–Crippen LogP) is 7.44. The van der Waals surface area contributed by atoms with Crippen molar-refractivity contribution in [3.05, 3.63) is 75.1 Å². The maximum atomic E-state index is 12.9. The van der Waals surface area contributed by atoms with Crippen LogP contribution in [-0.4, -0.2) is 17.6 Å². The molecule has 1 aromatic heterocycles. The van der Waals surface area contributed by atoms with Gasteiger partial charge in [-0.2, -0.15) is 26.3 Å². The Bertz CT molecular complexity index is 1110. The molecular weight excluding hydrogens is 536 g/mol. The van der Waals surface area contributed by atoms with Crippen LogP contribution in [0.3, 0.4) is 0 Å². The zero-order valence-corrected chi connectivity index (χ0v) is 19.3. The molecule has 3 rings (SSSR count). The van der Waals surface area contributed by atoms with Gasteiger partial charge in [0.2, 0.25) is 0 Å². The van der Waals surface area contributed by atoms with E-state index in [-0.39, 0.29) is 13.0 Å². The summed E-state index contributed by atoms with van der Waals surface area (Å²) in [6.07, 6.45) is -9.13. The fourth-order valence-electron chi connectivity index (χ4n) is 2.98. The van der Waals surface area contributed by atoms with Gasteiger partial charge in [-0.05, 0) is 36.8 Å². The zero-order valence-electron chi connectivity index (χ0n) is 16.9. The summed E-state index contributed by atoms with van der Waals surface area (Å²) in [5, 5.41) is 0.370. The first kappa shape index (κ1) is 25.2. The van der Waals surface area contributed by atoms with Crippen LogP contribution >= 0.6 is 27.3 Å². The molecular formula is C22H16BrF6NO2S. The van der Waals surface area contributed by atoms with Crippen molar-refractivity contribution in [3.8, 4) is 11.3 Å². The molecule has 0 amide bonds. The molecule has 2 aromatic carbocycles. The lowest BCUT2D eigenvalue weighted by Crippen LogP contribution is -2.07. The van der Waals surface area contributed by atoms with Crippen molar-refractivity contribution in [1.82, 2.24) is 4.98 Å². The highest BCUT2D eigenvalue weighted by molar-refractivity contribution is 9.09. The number of rotatable bonds is 6. The van der Waals surface area contributed by atoms with Crippen molar-refractivity contribution in [2.45, 2.75) is 30.5 Å². The number of carbonyl (C=O) groups is 1. The Morgan fingerprint density at radius 2 is 1.48 bits per heavy atom. The van der Waals surface area contributed by atoms with Crippen LogP contribution in [0.4, 0.5) is 26.3 Å². The van der Waals surface area contributed by atoms with Gasteiger partial charge in [-0.3, -0.25) is 4.79 Å². The van der Waals surface area contributed by atoms with Gasteiger partial charge in [0.25, 0.3) is 0 Å². The van der Waals surface area contributed by atoms with Crippen LogP contribution in [0.15, 0.2) is 48.5 Å². The highest BCUT2D eigenvalue weighted by Crippen LogP contribution is 2.42. The lowest BCUT2D eigenvalue weighted by Gasteiger charge is -2.13. The van der Waals surface area contributed by atoms with Crippen molar-refractivity contribution >= 4 is 33.2 Å². The first-order chi connectivity index (χ1) is 15.4. The SMILES string of the molecule is CCOC(=O)Cc1nc(-c2ccc(C(F)(F)F)cc2)c(C(Br)c2ccc(C(F)(F)F)cc2)s1. The van der Waals surface area contributed by atoms with Crippen LogP contribution in [0.2, 0.25) is 0 Å². The van der Waals surface area contributed by atoms with Gasteiger partial charge in [0, 0.05) is 5.56 Å². The quantitative estimate of drug-likeness (QED) is 0.181. The van der Waals surface area contributed by atoms with Crippen molar-refractivity contribution in [1.29, 1.82) is 0 Å². The number of carbonyl (C=O) groups excluding carboxylic acids is 1. The summed E-state index contributed by atoms with van der Waals surface area (Å²) in [7, 11) is 0. The number of hydrogen-bond acceptors (Lipinski definition) is 4. The highest BCUT2D eigenvalue weighted by atomic mass is 79.9. The smallest absolute Gasteiger partial charge is 0.416 e. The molecule has 0 aliphatic heterocycles. The van der Waals surface area contributed by atoms with Gasteiger partial charge in [-0.1, -0.05) is 40.2 Å². The summed E-state index contributed by atoms with van der Waals surface area (Å²) in [5.74, 6) is -0.516. The third kappa shape index (κ3) is 6.14. The Balaban J connectivity index is 2.01. The first-order valence-electron chi connectivity index (χ1n) is 9.54. The van der Waals surface area contributed by atoms with Crippen LogP contribution in [0.25, 0.3) is 11.3 Å². The Hall–Kier alpha value is -2.40. The Morgan fingerprint density at radius 3 is 1.97 bits per heavy atom. The standard InChI is InChI=1S/C22H16BrF6NO2S/c1-2-32-17(31)11-16-30-19(13-5-9-15(10-6-13)22(27,28)29)20(33-16)18(23)12-3-7-14(8-4-12)21(24,25)26/h3-10,18H,2,11H2,1H3. The number of ether oxygens (including phenoxy) is 1. The molecule has 0 spiro atoms. The number of benzene rings is 2. The van der Waals surface area contributed by atoms with Crippen LogP contribution in [-0.2, 0) is 28.3 Å². The zero-order chi connectivity index (χ0) is 24.4. The summed E-state index contributed by atoms with van der Waals surface area (Å²) in [4.78, 5) is 16.3. The second kappa shape index (κ2) is 9.84. The van der Waals surface area contributed by atoms with Crippen LogP contribution in [0.1, 0.15) is 38.3 Å². The molecule has 0 saturated carbocycles. The number of aromatic nitrogens is 1. The normalized spacial score (nSPS) is 13.1. The summed E-state index contributed by atoms with van der Waals surface area (Å²) < 4.78 is 82.4. The number of halogens is 7. The van der Waals surface area contributed by atoms with Gasteiger partial charge in [0.1, 0.15) is 5.01 Å². The van der Waals surface area contributed by atoms with E-state index in [4.69, 9.17) is 4.74 Å². The van der Waals surface area contributed by atoms with Crippen LogP contribution in [0.5, 0.6) is 0 Å². The molecule has 33 heavy (non-hydrogen) atoms. The molecule has 1 heterocycles. The number of hydrogen-bond donors (Lipinski definition) is 0. The van der Waals surface area contributed by atoms with Crippen molar-refractivity contribution < 1.29 is 35.9 Å². The van der Waals surface area contributed by atoms with E-state index in [1.807, 2.05) is 0 Å². The number of thiazole rings is 1. The van der Waals surface area contributed by atoms with Gasteiger partial charge < -0.3 is 4.74 Å². The summed E-state index contributed by atoms with van der Waals surface area (Å²) in [6.45, 7) is 1.83. The molecule has 0 aliphatic carbocycles. The average Bonchev–Trinajstić information content (AvgIpc) is 3.16. The van der Waals surface area contributed by atoms with E-state index in [1.165, 1.54) is 24.3 Å². The van der Waals surface area contributed by atoms with Crippen molar-refractivity contribution in [3.63, 3.8) is 0 Å². The molecule has 11 heteroatoms. The molecule has 0 saturated heterocycles. The Labute approximate surface area is 197 Å². The van der Waals surface area contributed by atoms with Gasteiger partial charge in [0.15, 0.2) is 0 Å². The second-order valence-corrected chi connectivity index (χ2v) is 8.89. The van der Waals surface area contributed by atoms with E-state index in [0.29, 0.717) is 26.7 Å². The van der Waals surface area contributed by atoms with Gasteiger partial charge >= 0.3 is 18.3 Å².